The second-order valence-corrected chi connectivity index (χ2v) is 6.12. The molecule has 2 heterocycles. The molecule has 1 aromatic carbocycles. The Hall–Kier alpha value is -1.58. The normalized spacial score (nSPS) is 17.1. The van der Waals surface area contributed by atoms with Crippen molar-refractivity contribution < 1.29 is 0 Å². The van der Waals surface area contributed by atoms with Gasteiger partial charge in [-0.05, 0) is 31.6 Å². The number of aliphatic imine (C=N–C) groups is 1. The fourth-order valence-corrected chi connectivity index (χ4v) is 3.28. The molecule has 2 aromatic rings. The van der Waals surface area contributed by atoms with E-state index in [1.54, 1.807) is 0 Å². The van der Waals surface area contributed by atoms with Crippen molar-refractivity contribution >= 4 is 29.6 Å². The number of benzene rings is 1. The van der Waals surface area contributed by atoms with Crippen molar-refractivity contribution in [2.45, 2.75) is 19.9 Å². The highest BCUT2D eigenvalue weighted by molar-refractivity contribution is 7.12. The molecular formula is C16H17ClN2S. The average molecular weight is 305 g/mol. The minimum absolute atomic E-state index is 0. The Balaban J connectivity index is 0.00000147. The number of hydrogen-bond acceptors (Lipinski definition) is 3. The van der Waals surface area contributed by atoms with Crippen molar-refractivity contribution in [3.63, 3.8) is 0 Å². The van der Waals surface area contributed by atoms with Crippen LogP contribution in [0.5, 0.6) is 0 Å². The number of hydrogen-bond donors (Lipinski definition) is 1. The topological polar surface area (TPSA) is 24.4 Å². The van der Waals surface area contributed by atoms with Gasteiger partial charge in [0.15, 0.2) is 0 Å². The Morgan fingerprint density at radius 2 is 1.90 bits per heavy atom. The summed E-state index contributed by atoms with van der Waals surface area (Å²) in [5, 5.41) is 3.23. The van der Waals surface area contributed by atoms with E-state index < -0.39 is 0 Å². The minimum Gasteiger partial charge on any atom is -0.347 e. The van der Waals surface area contributed by atoms with E-state index in [-0.39, 0.29) is 18.4 Å². The van der Waals surface area contributed by atoms with Crippen LogP contribution >= 0.6 is 23.7 Å². The van der Waals surface area contributed by atoms with Crippen molar-refractivity contribution in [2.75, 3.05) is 0 Å². The van der Waals surface area contributed by atoms with Crippen LogP contribution in [0.4, 0.5) is 0 Å². The second-order valence-electron chi connectivity index (χ2n) is 4.66. The lowest BCUT2D eigenvalue weighted by Crippen LogP contribution is -2.23. The number of aryl methyl sites for hydroxylation is 2. The summed E-state index contributed by atoms with van der Waals surface area (Å²) in [6.45, 7) is 4.31. The third-order valence-corrected chi connectivity index (χ3v) is 4.19. The van der Waals surface area contributed by atoms with E-state index in [0.717, 1.165) is 11.4 Å². The van der Waals surface area contributed by atoms with Crippen molar-refractivity contribution in [2.24, 2.45) is 4.99 Å². The summed E-state index contributed by atoms with van der Waals surface area (Å²) in [6.07, 6.45) is 4.10. The number of nitrogens with zero attached hydrogens (tertiary/aromatic N) is 1. The molecule has 1 unspecified atom stereocenters. The Morgan fingerprint density at radius 3 is 2.55 bits per heavy atom. The van der Waals surface area contributed by atoms with Crippen LogP contribution < -0.4 is 5.32 Å². The summed E-state index contributed by atoms with van der Waals surface area (Å²) in [6, 6.07) is 12.6. The maximum absolute atomic E-state index is 4.82. The first-order chi connectivity index (χ1) is 9.24. The van der Waals surface area contributed by atoms with Crippen molar-refractivity contribution in [3.8, 4) is 0 Å². The average Bonchev–Trinajstić information content (AvgIpc) is 2.79. The number of thiophene rings is 1. The molecule has 0 radical (unpaired) electrons. The first-order valence-electron chi connectivity index (χ1n) is 6.37. The van der Waals surface area contributed by atoms with Crippen molar-refractivity contribution in [3.05, 3.63) is 69.6 Å². The van der Waals surface area contributed by atoms with Crippen LogP contribution in [0.2, 0.25) is 0 Å². The van der Waals surface area contributed by atoms with Gasteiger partial charge in [-0.2, -0.15) is 0 Å². The SMILES string of the molecule is Cc1cc(C2C=CNC(c3ccccc3)=N2)c(C)s1.Cl. The molecule has 0 aliphatic carbocycles. The van der Waals surface area contributed by atoms with E-state index in [2.05, 4.69) is 43.4 Å². The van der Waals surface area contributed by atoms with Gasteiger partial charge in [-0.1, -0.05) is 30.3 Å². The van der Waals surface area contributed by atoms with Crippen LogP contribution in [0.3, 0.4) is 0 Å². The first-order valence-corrected chi connectivity index (χ1v) is 7.19. The van der Waals surface area contributed by atoms with E-state index in [1.165, 1.54) is 15.3 Å². The standard InChI is InChI=1S/C16H16N2S.ClH/c1-11-10-14(12(2)19-11)15-8-9-17-16(18-15)13-6-4-3-5-7-13;/h3-10,15H,1-2H3,(H,17,18);1H. The lowest BCUT2D eigenvalue weighted by Gasteiger charge is -2.17. The molecule has 2 nitrogen and oxygen atoms in total. The van der Waals surface area contributed by atoms with E-state index in [9.17, 15) is 0 Å². The van der Waals surface area contributed by atoms with Crippen LogP contribution in [0.25, 0.3) is 0 Å². The fraction of sp³-hybridized carbons (Fsp3) is 0.188. The Bertz CT molecular complexity index is 644. The number of rotatable bonds is 2. The molecule has 20 heavy (non-hydrogen) atoms. The van der Waals surface area contributed by atoms with Crippen LogP contribution in [-0.2, 0) is 0 Å². The molecule has 1 aliphatic heterocycles. The minimum atomic E-state index is 0. The second kappa shape index (κ2) is 6.25. The maximum atomic E-state index is 4.82. The zero-order valence-corrected chi connectivity index (χ0v) is 13.1. The number of nitrogens with one attached hydrogen (secondary N) is 1. The third-order valence-electron chi connectivity index (χ3n) is 3.21. The predicted molar refractivity (Wildman–Crippen MR) is 89.0 cm³/mol. The van der Waals surface area contributed by atoms with Gasteiger partial charge in [0.25, 0.3) is 0 Å². The van der Waals surface area contributed by atoms with Crippen LogP contribution in [0.15, 0.2) is 53.7 Å². The molecule has 0 spiro atoms. The molecule has 1 atom stereocenters. The van der Waals surface area contributed by atoms with Crippen LogP contribution in [0.1, 0.15) is 26.9 Å². The first kappa shape index (κ1) is 14.8. The quantitative estimate of drug-likeness (QED) is 0.874. The predicted octanol–water partition coefficient (Wildman–Crippen LogP) is 4.39. The molecule has 0 saturated heterocycles. The molecule has 1 aliphatic rings. The maximum Gasteiger partial charge on any atom is 0.133 e. The zero-order valence-electron chi connectivity index (χ0n) is 11.5. The third kappa shape index (κ3) is 2.94. The van der Waals surface area contributed by atoms with E-state index in [4.69, 9.17) is 4.99 Å². The van der Waals surface area contributed by atoms with Gasteiger partial charge in [-0.15, -0.1) is 23.7 Å². The van der Waals surface area contributed by atoms with Gasteiger partial charge in [-0.25, -0.2) is 0 Å². The number of amidine groups is 1. The molecule has 0 fully saturated rings. The van der Waals surface area contributed by atoms with Crippen LogP contribution in [-0.4, -0.2) is 5.84 Å². The van der Waals surface area contributed by atoms with Gasteiger partial charge < -0.3 is 5.32 Å². The Kier molecular flexibility index (Phi) is 4.63. The summed E-state index contributed by atoms with van der Waals surface area (Å²) < 4.78 is 0. The summed E-state index contributed by atoms with van der Waals surface area (Å²) in [7, 11) is 0. The lowest BCUT2D eigenvalue weighted by molar-refractivity contribution is 0.870. The molecule has 4 heteroatoms. The highest BCUT2D eigenvalue weighted by Gasteiger charge is 2.16. The Labute approximate surface area is 129 Å². The molecule has 1 N–H and O–H groups in total. The van der Waals surface area contributed by atoms with Gasteiger partial charge in [0, 0.05) is 21.5 Å². The molecule has 104 valence electrons. The van der Waals surface area contributed by atoms with Gasteiger partial charge >= 0.3 is 0 Å². The molecular weight excluding hydrogens is 288 g/mol. The van der Waals surface area contributed by atoms with Gasteiger partial charge in [0.2, 0.25) is 0 Å². The molecule has 0 bridgehead atoms. The zero-order chi connectivity index (χ0) is 13.2. The Morgan fingerprint density at radius 1 is 1.15 bits per heavy atom. The van der Waals surface area contributed by atoms with Gasteiger partial charge in [0.1, 0.15) is 5.84 Å². The lowest BCUT2D eigenvalue weighted by atomic mass is 10.1. The summed E-state index contributed by atoms with van der Waals surface area (Å²) in [4.78, 5) is 7.52. The molecule has 0 amide bonds. The van der Waals surface area contributed by atoms with Gasteiger partial charge in [-0.3, -0.25) is 4.99 Å². The number of halogens is 1. The largest absolute Gasteiger partial charge is 0.347 e. The molecule has 1 aromatic heterocycles. The molecule has 3 rings (SSSR count). The van der Waals surface area contributed by atoms with E-state index in [1.807, 2.05) is 35.7 Å². The highest BCUT2D eigenvalue weighted by atomic mass is 35.5. The van der Waals surface area contributed by atoms with E-state index in [0.29, 0.717) is 0 Å². The molecule has 0 saturated carbocycles. The van der Waals surface area contributed by atoms with E-state index >= 15 is 0 Å². The summed E-state index contributed by atoms with van der Waals surface area (Å²) in [5.74, 6) is 0.941. The summed E-state index contributed by atoms with van der Waals surface area (Å²) in [5.41, 5.74) is 2.44. The van der Waals surface area contributed by atoms with Crippen molar-refractivity contribution in [1.29, 1.82) is 0 Å². The van der Waals surface area contributed by atoms with Crippen molar-refractivity contribution in [1.82, 2.24) is 5.32 Å². The fourth-order valence-electron chi connectivity index (χ4n) is 2.31. The van der Waals surface area contributed by atoms with Gasteiger partial charge in [0.05, 0.1) is 6.04 Å². The smallest absolute Gasteiger partial charge is 0.133 e. The highest BCUT2D eigenvalue weighted by Crippen LogP contribution is 2.30. The summed E-state index contributed by atoms with van der Waals surface area (Å²) >= 11 is 1.84. The monoisotopic (exact) mass is 304 g/mol. The van der Waals surface area contributed by atoms with Crippen LogP contribution in [0, 0.1) is 13.8 Å².